The molecule has 0 atom stereocenters. The Kier molecular flexibility index (Phi) is 46.5. The summed E-state index contributed by atoms with van der Waals surface area (Å²) in [7, 11) is 2.00. The Labute approximate surface area is 959 Å². The van der Waals surface area contributed by atoms with Crippen molar-refractivity contribution < 1.29 is 160 Å². The summed E-state index contributed by atoms with van der Waals surface area (Å²) in [5.41, 5.74) is 28.6. The van der Waals surface area contributed by atoms with E-state index in [0.717, 1.165) is 120 Å². The first-order valence-corrected chi connectivity index (χ1v) is 45.7. The van der Waals surface area contributed by atoms with Gasteiger partial charge in [0.1, 0.15) is 5.58 Å². The van der Waals surface area contributed by atoms with Crippen LogP contribution in [0.4, 0.5) is 24.5 Å². The summed E-state index contributed by atoms with van der Waals surface area (Å²) in [5.74, 6) is 0. The van der Waals surface area contributed by atoms with E-state index in [2.05, 4.69) is 206 Å². The Bertz CT molecular complexity index is 7330. The minimum atomic E-state index is -4.32. The van der Waals surface area contributed by atoms with Crippen LogP contribution in [0, 0.1) is 61.3 Å². The number of hydrogen-bond donors (Lipinski definition) is 0. The first-order chi connectivity index (χ1) is 69.3. The maximum Gasteiger partial charge on any atom is 0.381 e. The predicted molar refractivity (Wildman–Crippen MR) is 564 cm³/mol. The second kappa shape index (κ2) is 59.0. The van der Waals surface area contributed by atoms with Crippen LogP contribution in [0.25, 0.3) is 150 Å². The largest absolute Gasteiger partial charge is 0.562 e. The van der Waals surface area contributed by atoms with E-state index >= 15 is 0 Å². The topological polar surface area (TPSA) is 127 Å². The van der Waals surface area contributed by atoms with Gasteiger partial charge >= 0.3 is 6.18 Å². The quantitative estimate of drug-likeness (QED) is 0.121. The maximum atomic E-state index is 12.3. The molecule has 0 bridgehead atoms. The van der Waals surface area contributed by atoms with Crippen molar-refractivity contribution in [3.05, 3.63) is 564 Å². The average Bonchev–Trinajstić information content (AvgIpc) is 1.58. The number of rotatable bonds is 10. The number of aromatic nitrogens is 7. The standard InChI is InChI=1S/C18H16N2.C17H12N.C16H12N2O.2C15H10N.C12H7F3N.3C11H8N.5Ir.2Pt/c1-18(2)16-7-4-3-6-14(16)15-9-8-13(12-17(15)18)20-11-5-10-19-20;1-2-7-14(8-3-1)15-9-6-10-16(13-15)17-11-4-5-12-18-17;1-17-9-10-18(11-17)14-7-4-6-13-12-5-2-3-8-15(12)19-16(13)14;2*1-2-7-13(8-3-1)15-14-9-5-4-6-12(14)10-11-16-15;13-12(14,15)10-6-4-9(5-7-10)11-3-1-2-8-16-11;3*1-2-6-10(7-3-1)11-8-4-5-9-12-11;;;;;;;/h3-7,9,11-12H,10H2,1-2H3;1-9,11-13H;2-6,8-11H,1H3;2*1-7,9-11H;1-4,6-8H;3*1-6,8-9H;;;;;;;/q-2;-1;-2;6*-1;;;;;;;. The molecular weight excluding hydrogens is 3090 g/mol. The number of furan rings is 1. The van der Waals surface area contributed by atoms with Crippen LogP contribution < -0.4 is 9.91 Å². The number of hydrogen-bond acceptors (Lipinski definition) is 11. The van der Waals surface area contributed by atoms with Gasteiger partial charge < -0.3 is 59.5 Å². The zero-order chi connectivity index (χ0) is 96.6. The molecule has 8 aromatic heterocycles. The SMILES string of the molecule is CC1(C)c2ccccc2-c2c[c-]c(N3C=CC[N-]3)cc21.CN1C=CN(c2[c-]ccc3c2oc2ccccc23)[CH-]1.FC(F)(F)c1c[c-]c(-c2ccccn2)cc1.[Ir].[Ir].[Ir].[Ir].[Ir].[Pt].[Pt].[c-]1ccc(-c2ccccc2)cc1-c1ccccn1.[c-]1ccccc1-c1ccccn1.[c-]1ccccc1-c1ccccn1.[c-]1ccccc1-c1ccccn1.[c-]1ccccc1-c1nccc2ccccc12.[c-]1ccccc1-c1nccc2ccccc12. The second-order valence-corrected chi connectivity index (χ2v) is 32.6. The fourth-order valence-electron chi connectivity index (χ4n) is 15.9. The van der Waals surface area contributed by atoms with Gasteiger partial charge in [0, 0.05) is 197 Å². The predicted octanol–water partition coefficient (Wildman–Crippen LogP) is 31.0. The molecule has 14 aromatic carbocycles. The molecule has 2 aliphatic heterocycles. The molecule has 0 unspecified atom stereocenters. The number of anilines is 2. The monoisotopic (exact) mass is 3190 g/mol. The van der Waals surface area contributed by atoms with Gasteiger partial charge in [0.15, 0.2) is 0 Å². The Morgan fingerprint density at radius 2 is 0.770 bits per heavy atom. The zero-order valence-corrected chi connectivity index (χ0v) is 96.2. The molecular formula is C126H91F3Ir5N11OPt2-11. The molecule has 0 amide bonds. The molecule has 5 radical (unpaired) electrons. The second-order valence-electron chi connectivity index (χ2n) is 32.6. The summed E-state index contributed by atoms with van der Waals surface area (Å²) in [6, 6.07) is 162. The molecule has 148 heavy (non-hydrogen) atoms. The third kappa shape index (κ3) is 31.2. The Morgan fingerprint density at radius 1 is 0.338 bits per heavy atom. The van der Waals surface area contributed by atoms with E-state index < -0.39 is 11.7 Å². The third-order valence-electron chi connectivity index (χ3n) is 22.8. The van der Waals surface area contributed by atoms with E-state index in [1.165, 1.54) is 61.0 Å². The van der Waals surface area contributed by atoms with Crippen LogP contribution in [0.5, 0.6) is 0 Å². The maximum absolute atomic E-state index is 12.3. The molecule has 12 nitrogen and oxygen atoms in total. The summed E-state index contributed by atoms with van der Waals surface area (Å²) in [6.45, 7) is 7.34. The van der Waals surface area contributed by atoms with E-state index in [9.17, 15) is 13.2 Å². The molecule has 0 N–H and O–H groups in total. The van der Waals surface area contributed by atoms with Crippen LogP contribution in [0.1, 0.15) is 30.5 Å². The molecule has 0 saturated carbocycles. The van der Waals surface area contributed by atoms with Crippen molar-refractivity contribution in [2.24, 2.45) is 0 Å². The minimum Gasteiger partial charge on any atom is -0.562 e. The number of fused-ring (bicyclic) bond motifs is 8. The number of halogens is 3. The first kappa shape index (κ1) is 117. The Balaban J connectivity index is 0.000000170. The minimum absolute atomic E-state index is 0. The van der Waals surface area contributed by atoms with Gasteiger partial charge in [-0.15, -0.1) is 268 Å². The smallest absolute Gasteiger partial charge is 0.381 e. The Hall–Kier alpha value is -13.3. The first-order valence-electron chi connectivity index (χ1n) is 45.7. The normalized spacial score (nSPS) is 11.5. The van der Waals surface area contributed by atoms with Gasteiger partial charge in [0.2, 0.25) is 0 Å². The van der Waals surface area contributed by atoms with Crippen LogP contribution in [0.2, 0.25) is 0 Å². The molecule has 25 rings (SSSR count). The summed E-state index contributed by atoms with van der Waals surface area (Å²) >= 11 is 0. The van der Waals surface area contributed by atoms with Crippen LogP contribution >= 0.6 is 0 Å². The van der Waals surface area contributed by atoms with Crippen molar-refractivity contribution in [1.82, 2.24) is 39.8 Å². The van der Waals surface area contributed by atoms with Crippen molar-refractivity contribution >= 4 is 54.9 Å². The van der Waals surface area contributed by atoms with Crippen LogP contribution in [-0.2, 0) is 154 Å². The molecule has 22 aromatic rings. The van der Waals surface area contributed by atoms with E-state index in [0.29, 0.717) is 11.3 Å². The van der Waals surface area contributed by atoms with Crippen molar-refractivity contribution in [3.63, 3.8) is 0 Å². The van der Waals surface area contributed by atoms with Crippen LogP contribution in [0.15, 0.2) is 485 Å². The fourth-order valence-corrected chi connectivity index (χ4v) is 15.9. The number of pyridine rings is 7. The van der Waals surface area contributed by atoms with Gasteiger partial charge in [-0.3, -0.25) is 0 Å². The molecule has 22 heteroatoms. The van der Waals surface area contributed by atoms with E-state index in [4.69, 9.17) is 4.42 Å². The molecule has 10 heterocycles. The molecule has 0 saturated heterocycles. The number of para-hydroxylation sites is 1. The van der Waals surface area contributed by atoms with Crippen molar-refractivity contribution in [3.8, 4) is 101 Å². The van der Waals surface area contributed by atoms with Crippen molar-refractivity contribution in [2.45, 2.75) is 25.4 Å². The van der Waals surface area contributed by atoms with E-state index in [-0.39, 0.29) is 148 Å². The molecule has 3 aliphatic rings. The fraction of sp³-hybridized carbons (Fsp3) is 0.0476. The molecule has 1 aliphatic carbocycles. The number of alkyl halides is 3. The molecule has 0 spiro atoms. The van der Waals surface area contributed by atoms with E-state index in [1.807, 2.05) is 345 Å². The summed E-state index contributed by atoms with van der Waals surface area (Å²) in [4.78, 5) is 33.9. The average molecular weight is 3180 g/mol. The van der Waals surface area contributed by atoms with Crippen molar-refractivity contribution in [2.75, 3.05) is 23.5 Å². The van der Waals surface area contributed by atoms with Gasteiger partial charge in [-0.05, 0) is 158 Å². The van der Waals surface area contributed by atoms with Gasteiger partial charge in [-0.25, -0.2) is 0 Å². The van der Waals surface area contributed by atoms with Crippen molar-refractivity contribution in [1.29, 1.82) is 0 Å². The van der Waals surface area contributed by atoms with Gasteiger partial charge in [0.25, 0.3) is 0 Å². The molecule has 0 fully saturated rings. The van der Waals surface area contributed by atoms with Crippen LogP contribution in [-0.4, -0.2) is 53.4 Å². The number of benzene rings is 14. The van der Waals surface area contributed by atoms with Gasteiger partial charge in [0.05, 0.1) is 0 Å². The summed E-state index contributed by atoms with van der Waals surface area (Å²) in [5, 5.41) is 8.96. The molecule has 753 valence electrons. The van der Waals surface area contributed by atoms with Gasteiger partial charge in [-0.2, -0.15) is 50.2 Å². The summed E-state index contributed by atoms with van der Waals surface area (Å²) in [6.07, 6.45) is 16.2. The number of nitrogens with zero attached hydrogens (tertiary/aromatic N) is 11. The van der Waals surface area contributed by atoms with Crippen LogP contribution in [0.3, 0.4) is 0 Å². The third-order valence-corrected chi connectivity index (χ3v) is 22.8. The Morgan fingerprint density at radius 3 is 1.22 bits per heavy atom. The van der Waals surface area contributed by atoms with E-state index in [1.54, 1.807) is 49.2 Å². The summed E-state index contributed by atoms with van der Waals surface area (Å²) < 4.78 is 42.8. The van der Waals surface area contributed by atoms with Gasteiger partial charge in [-0.1, -0.05) is 224 Å². The zero-order valence-electron chi connectivity index (χ0n) is 79.7.